The van der Waals surface area contributed by atoms with E-state index in [1.807, 2.05) is 6.07 Å². The summed E-state index contributed by atoms with van der Waals surface area (Å²) < 4.78 is 25.5. The van der Waals surface area contributed by atoms with E-state index in [9.17, 15) is 13.2 Å². The Bertz CT molecular complexity index is 922. The minimum atomic E-state index is -3.81. The average molecular weight is 443 g/mol. The molecule has 3 rings (SSSR count). The van der Waals surface area contributed by atoms with Gasteiger partial charge in [-0.1, -0.05) is 22.9 Å². The van der Waals surface area contributed by atoms with Gasteiger partial charge in [0.1, 0.15) is 0 Å². The highest BCUT2D eigenvalue weighted by Gasteiger charge is 2.22. The molecule has 1 amide bonds. The summed E-state index contributed by atoms with van der Waals surface area (Å²) in [5, 5.41) is 0. The number of rotatable bonds is 4. The summed E-state index contributed by atoms with van der Waals surface area (Å²) in [5.74, 6) is 0.196. The first-order valence-electron chi connectivity index (χ1n) is 7.96. The van der Waals surface area contributed by atoms with Gasteiger partial charge in [0.05, 0.1) is 9.77 Å². The predicted molar refractivity (Wildman–Crippen MR) is 102 cm³/mol. The number of sulfonamides is 1. The van der Waals surface area contributed by atoms with Gasteiger partial charge in [0.15, 0.2) is 0 Å². The number of carbonyl (C=O) groups is 1. The molecular formula is C17H19BrN2O3S2. The van der Waals surface area contributed by atoms with E-state index in [1.54, 1.807) is 19.1 Å². The van der Waals surface area contributed by atoms with Crippen LogP contribution in [0.4, 0.5) is 0 Å². The summed E-state index contributed by atoms with van der Waals surface area (Å²) in [4.78, 5) is 16.4. The Morgan fingerprint density at radius 1 is 1.32 bits per heavy atom. The number of fused-ring (bicyclic) bond motifs is 1. The van der Waals surface area contributed by atoms with Gasteiger partial charge in [-0.3, -0.25) is 10.2 Å². The fraction of sp³-hybridized carbons (Fsp3) is 0.353. The van der Waals surface area contributed by atoms with Crippen molar-refractivity contribution >= 4 is 43.2 Å². The van der Waals surface area contributed by atoms with Gasteiger partial charge in [-0.2, -0.15) is 0 Å². The molecule has 0 saturated carbocycles. The van der Waals surface area contributed by atoms with Crippen molar-refractivity contribution in [2.45, 2.75) is 38.0 Å². The number of hydrogen-bond acceptors (Lipinski definition) is 4. The van der Waals surface area contributed by atoms with Gasteiger partial charge < -0.3 is 0 Å². The zero-order chi connectivity index (χ0) is 18.2. The Balaban J connectivity index is 1.70. The Kier molecular flexibility index (Phi) is 5.34. The number of benzene rings is 1. The second kappa shape index (κ2) is 7.19. The Morgan fingerprint density at radius 3 is 2.80 bits per heavy atom. The lowest BCUT2D eigenvalue weighted by Gasteiger charge is -2.16. The second-order valence-electron chi connectivity index (χ2n) is 6.38. The van der Waals surface area contributed by atoms with Gasteiger partial charge in [0.25, 0.3) is 15.9 Å². The number of hydrogen-bond donors (Lipinski definition) is 2. The van der Waals surface area contributed by atoms with E-state index >= 15 is 0 Å². The summed E-state index contributed by atoms with van der Waals surface area (Å²) in [6, 6.07) is 6.57. The topological polar surface area (TPSA) is 75.3 Å². The predicted octanol–water partition coefficient (Wildman–Crippen LogP) is 3.57. The smallest absolute Gasteiger partial charge is 0.273 e. The van der Waals surface area contributed by atoms with Crippen LogP contribution in [0.25, 0.3) is 0 Å². The Hall–Kier alpha value is -1.22. The summed E-state index contributed by atoms with van der Waals surface area (Å²) in [7, 11) is -3.81. The number of amides is 1. The van der Waals surface area contributed by atoms with Crippen LogP contribution in [-0.4, -0.2) is 14.3 Å². The number of aryl methyl sites for hydroxylation is 2. The minimum Gasteiger partial charge on any atom is -0.273 e. The van der Waals surface area contributed by atoms with Crippen molar-refractivity contribution in [2.24, 2.45) is 5.92 Å². The molecule has 0 saturated heterocycles. The van der Waals surface area contributed by atoms with Crippen molar-refractivity contribution in [1.82, 2.24) is 10.3 Å². The second-order valence-corrected chi connectivity index (χ2v) is 10.1. The van der Waals surface area contributed by atoms with Crippen LogP contribution < -0.4 is 10.3 Å². The number of thiophene rings is 1. The van der Waals surface area contributed by atoms with Crippen molar-refractivity contribution in [3.05, 3.63) is 49.6 Å². The molecule has 0 fully saturated rings. The standard InChI is InChI=1S/C17H19BrN2O3S2/c1-10-3-6-15-12(7-10)9-16(24-15)17(21)19-20-25(22,23)13-4-5-14(18)11(2)8-13/h4-5,8-10,20H,3,6-7H2,1-2H3,(H,19,21). The van der Waals surface area contributed by atoms with Crippen molar-refractivity contribution in [3.63, 3.8) is 0 Å². The Morgan fingerprint density at radius 2 is 2.08 bits per heavy atom. The normalized spacial score (nSPS) is 17.2. The first-order chi connectivity index (χ1) is 11.8. The molecule has 1 aliphatic carbocycles. The highest BCUT2D eigenvalue weighted by atomic mass is 79.9. The van der Waals surface area contributed by atoms with Crippen LogP contribution in [0, 0.1) is 12.8 Å². The average Bonchev–Trinajstić information content (AvgIpc) is 2.98. The monoisotopic (exact) mass is 442 g/mol. The van der Waals surface area contributed by atoms with Crippen LogP contribution in [0.3, 0.4) is 0 Å². The van der Waals surface area contributed by atoms with Gasteiger partial charge >= 0.3 is 0 Å². The van der Waals surface area contributed by atoms with E-state index in [-0.39, 0.29) is 4.90 Å². The highest BCUT2D eigenvalue weighted by Crippen LogP contribution is 2.32. The first kappa shape index (κ1) is 18.6. The molecule has 0 aliphatic heterocycles. The fourth-order valence-electron chi connectivity index (χ4n) is 2.84. The molecule has 0 spiro atoms. The van der Waals surface area contributed by atoms with Gasteiger partial charge in [-0.25, -0.2) is 8.42 Å². The number of nitrogens with one attached hydrogen (secondary N) is 2. The zero-order valence-electron chi connectivity index (χ0n) is 13.9. The molecule has 1 aromatic carbocycles. The Labute approximate surface area is 160 Å². The molecule has 1 heterocycles. The summed E-state index contributed by atoms with van der Waals surface area (Å²) in [6.07, 6.45) is 3.09. The van der Waals surface area contributed by atoms with Gasteiger partial charge in [0.2, 0.25) is 0 Å². The maximum absolute atomic E-state index is 12.3. The fourth-order valence-corrected chi connectivity index (χ4v) is 5.11. The van der Waals surface area contributed by atoms with Crippen molar-refractivity contribution in [2.75, 3.05) is 0 Å². The summed E-state index contributed by atoms with van der Waals surface area (Å²) in [5.41, 5.74) is 4.32. The molecule has 5 nitrogen and oxygen atoms in total. The minimum absolute atomic E-state index is 0.104. The van der Waals surface area contributed by atoms with E-state index in [0.717, 1.165) is 29.3 Å². The molecule has 2 aromatic rings. The van der Waals surface area contributed by atoms with Crippen LogP contribution in [-0.2, 0) is 22.9 Å². The van der Waals surface area contributed by atoms with Gasteiger partial charge in [-0.15, -0.1) is 16.2 Å². The van der Waals surface area contributed by atoms with Gasteiger partial charge in [0, 0.05) is 9.35 Å². The van der Waals surface area contributed by atoms with E-state index in [1.165, 1.54) is 27.8 Å². The summed E-state index contributed by atoms with van der Waals surface area (Å²) >= 11 is 4.78. The van der Waals surface area contributed by atoms with E-state index in [4.69, 9.17) is 0 Å². The van der Waals surface area contributed by atoms with Crippen LogP contribution in [0.15, 0.2) is 33.6 Å². The molecule has 1 unspecified atom stereocenters. The largest absolute Gasteiger partial charge is 0.276 e. The van der Waals surface area contributed by atoms with E-state index in [0.29, 0.717) is 10.8 Å². The van der Waals surface area contributed by atoms with E-state index < -0.39 is 15.9 Å². The van der Waals surface area contributed by atoms with Crippen molar-refractivity contribution in [1.29, 1.82) is 0 Å². The van der Waals surface area contributed by atoms with Gasteiger partial charge in [-0.05, 0) is 67.5 Å². The highest BCUT2D eigenvalue weighted by molar-refractivity contribution is 9.10. The van der Waals surface area contributed by atoms with Crippen LogP contribution in [0.1, 0.15) is 39.0 Å². The van der Waals surface area contributed by atoms with E-state index in [2.05, 4.69) is 33.1 Å². The number of carbonyl (C=O) groups excluding carboxylic acids is 1. The molecule has 134 valence electrons. The lowest BCUT2D eigenvalue weighted by Crippen LogP contribution is -2.41. The quantitative estimate of drug-likeness (QED) is 0.710. The van der Waals surface area contributed by atoms with Crippen molar-refractivity contribution in [3.8, 4) is 0 Å². The third-order valence-corrected chi connectivity index (χ3v) is 7.66. The molecular weight excluding hydrogens is 424 g/mol. The molecule has 25 heavy (non-hydrogen) atoms. The lowest BCUT2D eigenvalue weighted by molar-refractivity contribution is 0.0949. The molecule has 1 aromatic heterocycles. The maximum Gasteiger partial charge on any atom is 0.276 e. The molecule has 1 aliphatic rings. The third-order valence-electron chi connectivity index (χ3n) is 4.29. The van der Waals surface area contributed by atoms with Crippen LogP contribution in [0.5, 0.6) is 0 Å². The molecule has 2 N–H and O–H groups in total. The molecule has 0 bridgehead atoms. The molecule has 1 atom stereocenters. The SMILES string of the molecule is Cc1cc(S(=O)(=O)NNC(=O)c2cc3c(s2)CCC(C)C3)ccc1Br. The molecule has 8 heteroatoms. The first-order valence-corrected chi connectivity index (χ1v) is 11.1. The summed E-state index contributed by atoms with van der Waals surface area (Å²) in [6.45, 7) is 4.01. The third kappa shape index (κ3) is 4.13. The lowest BCUT2D eigenvalue weighted by atomic mass is 9.90. The molecule has 0 radical (unpaired) electrons. The zero-order valence-corrected chi connectivity index (χ0v) is 17.1. The van der Waals surface area contributed by atoms with Crippen LogP contribution >= 0.6 is 27.3 Å². The van der Waals surface area contributed by atoms with Crippen LogP contribution in [0.2, 0.25) is 0 Å². The maximum atomic E-state index is 12.3. The number of hydrazine groups is 1. The number of halogens is 1. The van der Waals surface area contributed by atoms with Crippen molar-refractivity contribution < 1.29 is 13.2 Å².